The molecular formula is C21H22N4O2S. The number of thioether (sulfide) groups is 1. The Kier molecular flexibility index (Phi) is 5.34. The summed E-state index contributed by atoms with van der Waals surface area (Å²) in [7, 11) is 1.64. The summed E-state index contributed by atoms with van der Waals surface area (Å²) in [5, 5.41) is 11.6. The van der Waals surface area contributed by atoms with Crippen LogP contribution in [0.15, 0.2) is 58.6 Å². The third kappa shape index (κ3) is 3.38. The Balaban J connectivity index is 1.86. The summed E-state index contributed by atoms with van der Waals surface area (Å²) in [5.74, 6) is 1.47. The standard InChI is InChI=1S/C21H22N4O2S/c1-3-4-13-28-21-23-20(26)18-14-9-5-7-11-16(14)22-19(25(18)24-21)15-10-6-8-12-17(15)27-2/h5-12,19H,3-4,13H2,1-2H3,(H,23,24,26)/t19-/m1/s1. The molecule has 0 bridgehead atoms. The van der Waals surface area contributed by atoms with E-state index < -0.39 is 6.17 Å². The van der Waals surface area contributed by atoms with Gasteiger partial charge in [0.25, 0.3) is 5.91 Å². The molecule has 0 aliphatic carbocycles. The summed E-state index contributed by atoms with van der Waals surface area (Å²) < 4.78 is 5.55. The molecule has 0 unspecified atom stereocenters. The first-order valence-corrected chi connectivity index (χ1v) is 10.3. The van der Waals surface area contributed by atoms with Gasteiger partial charge >= 0.3 is 0 Å². The number of hydrogen-bond acceptors (Lipinski definition) is 6. The molecule has 2 heterocycles. The van der Waals surface area contributed by atoms with Crippen LogP contribution in [0.1, 0.15) is 31.5 Å². The average Bonchev–Trinajstić information content (AvgIpc) is 2.73. The molecular weight excluding hydrogens is 372 g/mol. The fourth-order valence-electron chi connectivity index (χ4n) is 3.29. The van der Waals surface area contributed by atoms with Gasteiger partial charge in [-0.15, -0.1) is 5.10 Å². The Hall–Kier alpha value is -2.80. The third-order valence-corrected chi connectivity index (χ3v) is 5.62. The van der Waals surface area contributed by atoms with Crippen LogP contribution in [0.25, 0.3) is 5.70 Å². The highest BCUT2D eigenvalue weighted by atomic mass is 32.2. The third-order valence-electron chi connectivity index (χ3n) is 4.67. The summed E-state index contributed by atoms with van der Waals surface area (Å²) in [6, 6.07) is 15.4. The summed E-state index contributed by atoms with van der Waals surface area (Å²) in [4.78, 5) is 17.9. The lowest BCUT2D eigenvalue weighted by molar-refractivity contribution is -0.116. The van der Waals surface area contributed by atoms with Crippen molar-refractivity contribution >= 4 is 28.5 Å². The van der Waals surface area contributed by atoms with E-state index in [1.165, 1.54) is 0 Å². The maximum absolute atomic E-state index is 13.0. The van der Waals surface area contributed by atoms with Gasteiger partial charge in [0.2, 0.25) is 0 Å². The van der Waals surface area contributed by atoms with Crippen molar-refractivity contribution in [3.05, 3.63) is 64.7 Å². The first kappa shape index (κ1) is 18.6. The van der Waals surface area contributed by atoms with Crippen LogP contribution in [-0.4, -0.2) is 28.9 Å². The van der Waals surface area contributed by atoms with Crippen molar-refractivity contribution in [2.75, 3.05) is 12.9 Å². The molecule has 7 heteroatoms. The van der Waals surface area contributed by atoms with E-state index >= 15 is 0 Å². The number of amides is 1. The van der Waals surface area contributed by atoms with Gasteiger partial charge in [-0.3, -0.25) is 15.1 Å². The Morgan fingerprint density at radius 3 is 2.79 bits per heavy atom. The second kappa shape index (κ2) is 8.06. The van der Waals surface area contributed by atoms with E-state index in [2.05, 4.69) is 12.2 Å². The number of hydrogen-bond donors (Lipinski definition) is 1. The summed E-state index contributed by atoms with van der Waals surface area (Å²) in [5.41, 5.74) is 1.38. The van der Waals surface area contributed by atoms with Gasteiger partial charge in [-0.2, -0.15) is 0 Å². The van der Waals surface area contributed by atoms with Gasteiger partial charge in [-0.1, -0.05) is 61.5 Å². The monoisotopic (exact) mass is 394 g/mol. The molecule has 4 rings (SSSR count). The van der Waals surface area contributed by atoms with Crippen LogP contribution in [0.3, 0.4) is 0 Å². The molecule has 1 N–H and O–H groups in total. The maximum Gasteiger partial charge on any atom is 0.276 e. The SMILES string of the molecule is CCCCSC1=NN2C(=c3ccccc3=N[C@H]2c2ccccc2OC)C(=O)N1. The predicted molar refractivity (Wildman–Crippen MR) is 111 cm³/mol. The van der Waals surface area contributed by atoms with Crippen molar-refractivity contribution in [2.24, 2.45) is 10.1 Å². The van der Waals surface area contributed by atoms with E-state index in [0.717, 1.165) is 40.5 Å². The van der Waals surface area contributed by atoms with Gasteiger partial charge < -0.3 is 4.74 Å². The largest absolute Gasteiger partial charge is 0.496 e. The Morgan fingerprint density at radius 2 is 1.96 bits per heavy atom. The van der Waals surface area contributed by atoms with E-state index in [1.54, 1.807) is 23.9 Å². The van der Waals surface area contributed by atoms with Crippen molar-refractivity contribution in [3.8, 4) is 5.75 Å². The summed E-state index contributed by atoms with van der Waals surface area (Å²) >= 11 is 1.56. The molecule has 28 heavy (non-hydrogen) atoms. The van der Waals surface area contributed by atoms with Crippen LogP contribution < -0.4 is 20.6 Å². The zero-order valence-electron chi connectivity index (χ0n) is 15.9. The number of methoxy groups -OCH3 is 1. The van der Waals surface area contributed by atoms with Crippen molar-refractivity contribution < 1.29 is 9.53 Å². The molecule has 2 aliphatic heterocycles. The summed E-state index contributed by atoms with van der Waals surface area (Å²) in [6.45, 7) is 2.14. The van der Waals surface area contributed by atoms with Gasteiger partial charge in [-0.05, 0) is 18.6 Å². The number of unbranched alkanes of at least 4 members (excludes halogenated alkanes) is 1. The van der Waals surface area contributed by atoms with Gasteiger partial charge in [0.05, 0.1) is 12.5 Å². The van der Waals surface area contributed by atoms with E-state index in [0.29, 0.717) is 10.9 Å². The fourth-order valence-corrected chi connectivity index (χ4v) is 4.22. The lowest BCUT2D eigenvalue weighted by Gasteiger charge is -2.34. The van der Waals surface area contributed by atoms with Crippen molar-refractivity contribution in [1.29, 1.82) is 0 Å². The Bertz CT molecular complexity index is 1050. The van der Waals surface area contributed by atoms with Crippen LogP contribution in [0, 0.1) is 0 Å². The first-order valence-electron chi connectivity index (χ1n) is 9.35. The fraction of sp³-hybridized carbons (Fsp3) is 0.286. The molecule has 2 aromatic rings. The molecule has 0 saturated carbocycles. The molecule has 2 aromatic carbocycles. The van der Waals surface area contributed by atoms with E-state index in [1.807, 2.05) is 48.5 Å². The molecule has 6 nitrogen and oxygen atoms in total. The second-order valence-corrected chi connectivity index (χ2v) is 7.60. The van der Waals surface area contributed by atoms with Gasteiger partial charge in [-0.25, -0.2) is 5.01 Å². The normalized spacial score (nSPS) is 17.9. The number of benzene rings is 2. The number of carbonyl (C=O) groups excluding carboxylic acids is 1. The quantitative estimate of drug-likeness (QED) is 0.791. The zero-order valence-corrected chi connectivity index (χ0v) is 16.7. The van der Waals surface area contributed by atoms with Crippen LogP contribution in [0.2, 0.25) is 0 Å². The van der Waals surface area contributed by atoms with Crippen molar-refractivity contribution in [1.82, 2.24) is 10.3 Å². The van der Waals surface area contributed by atoms with Crippen LogP contribution in [-0.2, 0) is 4.79 Å². The number of fused-ring (bicyclic) bond motifs is 2. The second-order valence-electron chi connectivity index (χ2n) is 6.52. The number of amidine groups is 1. The lowest BCUT2D eigenvalue weighted by atomic mass is 10.1. The van der Waals surface area contributed by atoms with Crippen molar-refractivity contribution in [3.63, 3.8) is 0 Å². The molecule has 1 atom stereocenters. The number of para-hydroxylation sites is 2. The van der Waals surface area contributed by atoms with E-state index in [-0.39, 0.29) is 5.91 Å². The van der Waals surface area contributed by atoms with E-state index in [4.69, 9.17) is 14.8 Å². The maximum atomic E-state index is 13.0. The minimum Gasteiger partial charge on any atom is -0.496 e. The molecule has 144 valence electrons. The van der Waals surface area contributed by atoms with Gasteiger partial charge in [0.15, 0.2) is 11.3 Å². The van der Waals surface area contributed by atoms with Crippen LogP contribution >= 0.6 is 11.8 Å². The lowest BCUT2D eigenvalue weighted by Crippen LogP contribution is -2.50. The van der Waals surface area contributed by atoms with Crippen molar-refractivity contribution in [2.45, 2.75) is 25.9 Å². The zero-order chi connectivity index (χ0) is 19.5. The Morgan fingerprint density at radius 1 is 1.18 bits per heavy atom. The number of carbonyl (C=O) groups is 1. The van der Waals surface area contributed by atoms with Gasteiger partial charge in [0, 0.05) is 16.5 Å². The highest BCUT2D eigenvalue weighted by Crippen LogP contribution is 2.35. The van der Waals surface area contributed by atoms with Crippen LogP contribution in [0.4, 0.5) is 0 Å². The molecule has 0 spiro atoms. The number of ether oxygens (including phenoxy) is 1. The minimum atomic E-state index is -0.464. The smallest absolute Gasteiger partial charge is 0.276 e. The highest BCUT2D eigenvalue weighted by Gasteiger charge is 2.35. The molecule has 2 aliphatic rings. The molecule has 1 amide bonds. The number of nitrogens with zero attached hydrogens (tertiary/aromatic N) is 3. The predicted octanol–water partition coefficient (Wildman–Crippen LogP) is 2.37. The average molecular weight is 395 g/mol. The highest BCUT2D eigenvalue weighted by molar-refractivity contribution is 8.13. The minimum absolute atomic E-state index is 0.156. The molecule has 0 fully saturated rings. The first-order chi connectivity index (χ1) is 13.7. The number of hydrazone groups is 1. The molecule has 0 saturated heterocycles. The van der Waals surface area contributed by atoms with Crippen LogP contribution in [0.5, 0.6) is 5.75 Å². The number of rotatable bonds is 5. The topological polar surface area (TPSA) is 66.3 Å². The summed E-state index contributed by atoms with van der Waals surface area (Å²) in [6.07, 6.45) is 1.70. The molecule has 0 aromatic heterocycles. The number of nitrogens with one attached hydrogen (secondary N) is 1. The molecule has 0 radical (unpaired) electrons. The van der Waals surface area contributed by atoms with E-state index in [9.17, 15) is 4.79 Å². The Labute approximate surface area is 168 Å². The van der Waals surface area contributed by atoms with Gasteiger partial charge in [0.1, 0.15) is 11.4 Å².